The summed E-state index contributed by atoms with van der Waals surface area (Å²) < 4.78 is 0. The fourth-order valence-corrected chi connectivity index (χ4v) is 3.37. The SMILES string of the molecule is N#CC1(C(=O)N(CCCO)C2CCC2)CCCCCC1. The minimum Gasteiger partial charge on any atom is -0.396 e. The van der Waals surface area contributed by atoms with E-state index >= 15 is 0 Å². The van der Waals surface area contributed by atoms with Crippen LogP contribution in [0.2, 0.25) is 0 Å². The fourth-order valence-electron chi connectivity index (χ4n) is 3.37. The molecule has 2 rings (SSSR count). The molecular weight excluding hydrogens is 252 g/mol. The van der Waals surface area contributed by atoms with E-state index < -0.39 is 5.41 Å². The standard InChI is InChI=1S/C16H26N2O2/c17-13-16(9-3-1-2-4-10-16)15(20)18(11-6-12-19)14-7-5-8-14/h14,19H,1-12H2. The molecule has 0 radical (unpaired) electrons. The van der Waals surface area contributed by atoms with Crippen molar-refractivity contribution in [2.45, 2.75) is 70.3 Å². The summed E-state index contributed by atoms with van der Waals surface area (Å²) in [6.45, 7) is 0.708. The maximum absolute atomic E-state index is 13.0. The molecule has 0 atom stereocenters. The van der Waals surface area contributed by atoms with Gasteiger partial charge in [0.15, 0.2) is 0 Å². The number of nitriles is 1. The number of carbonyl (C=O) groups is 1. The number of amides is 1. The van der Waals surface area contributed by atoms with Crippen LogP contribution in [0.4, 0.5) is 0 Å². The van der Waals surface area contributed by atoms with E-state index in [1.165, 1.54) is 6.42 Å². The van der Waals surface area contributed by atoms with Crippen molar-refractivity contribution >= 4 is 5.91 Å². The summed E-state index contributed by atoms with van der Waals surface area (Å²) in [6, 6.07) is 2.67. The summed E-state index contributed by atoms with van der Waals surface area (Å²) in [5.41, 5.74) is -0.790. The number of aliphatic hydroxyl groups is 1. The second kappa shape index (κ2) is 7.08. The monoisotopic (exact) mass is 278 g/mol. The molecule has 1 amide bonds. The molecule has 2 aliphatic rings. The van der Waals surface area contributed by atoms with Gasteiger partial charge in [0, 0.05) is 19.2 Å². The lowest BCUT2D eigenvalue weighted by Gasteiger charge is -2.41. The van der Waals surface area contributed by atoms with Gasteiger partial charge in [-0.25, -0.2) is 0 Å². The van der Waals surface area contributed by atoms with Crippen molar-refractivity contribution in [3.05, 3.63) is 0 Å². The Morgan fingerprint density at radius 1 is 1.20 bits per heavy atom. The Bertz CT molecular complexity index is 363. The maximum atomic E-state index is 13.0. The highest BCUT2D eigenvalue weighted by molar-refractivity contribution is 5.86. The average molecular weight is 278 g/mol. The molecule has 20 heavy (non-hydrogen) atoms. The first-order valence-electron chi connectivity index (χ1n) is 8.07. The highest BCUT2D eigenvalue weighted by Crippen LogP contribution is 2.38. The number of nitrogens with zero attached hydrogens (tertiary/aromatic N) is 2. The van der Waals surface area contributed by atoms with Crippen molar-refractivity contribution in [2.75, 3.05) is 13.2 Å². The number of carbonyl (C=O) groups excluding carboxylic acids is 1. The second-order valence-electron chi connectivity index (χ2n) is 6.27. The van der Waals surface area contributed by atoms with Gasteiger partial charge in [-0.1, -0.05) is 25.7 Å². The van der Waals surface area contributed by atoms with E-state index in [9.17, 15) is 10.1 Å². The summed E-state index contributed by atoms with van der Waals surface area (Å²) >= 11 is 0. The van der Waals surface area contributed by atoms with Crippen LogP contribution in [0.5, 0.6) is 0 Å². The van der Waals surface area contributed by atoms with Gasteiger partial charge in [-0.3, -0.25) is 4.79 Å². The van der Waals surface area contributed by atoms with Crippen LogP contribution >= 0.6 is 0 Å². The lowest BCUT2D eigenvalue weighted by molar-refractivity contribution is -0.144. The van der Waals surface area contributed by atoms with Crippen molar-refractivity contribution in [3.63, 3.8) is 0 Å². The number of aliphatic hydroxyl groups excluding tert-OH is 1. The normalized spacial score (nSPS) is 22.4. The summed E-state index contributed by atoms with van der Waals surface area (Å²) in [5.74, 6) is 0.0417. The topological polar surface area (TPSA) is 64.3 Å². The van der Waals surface area contributed by atoms with Gasteiger partial charge in [0.1, 0.15) is 5.41 Å². The quantitative estimate of drug-likeness (QED) is 0.786. The first-order chi connectivity index (χ1) is 9.73. The molecule has 0 aromatic carbocycles. The van der Waals surface area contributed by atoms with E-state index in [4.69, 9.17) is 5.11 Å². The average Bonchev–Trinajstić information content (AvgIpc) is 2.66. The van der Waals surface area contributed by atoms with Crippen molar-refractivity contribution in [1.29, 1.82) is 5.26 Å². The van der Waals surface area contributed by atoms with Crippen molar-refractivity contribution in [2.24, 2.45) is 5.41 Å². The number of hydrogen-bond donors (Lipinski definition) is 1. The Morgan fingerprint density at radius 2 is 1.85 bits per heavy atom. The minimum absolute atomic E-state index is 0.0417. The molecule has 2 saturated carbocycles. The lowest BCUT2D eigenvalue weighted by atomic mass is 9.79. The third kappa shape index (κ3) is 3.15. The Morgan fingerprint density at radius 3 is 2.30 bits per heavy atom. The third-order valence-corrected chi connectivity index (χ3v) is 4.91. The zero-order chi connectivity index (χ0) is 14.4. The van der Waals surface area contributed by atoms with Crippen molar-refractivity contribution in [3.8, 4) is 6.07 Å². The Kier molecular flexibility index (Phi) is 5.42. The highest BCUT2D eigenvalue weighted by atomic mass is 16.3. The zero-order valence-electron chi connectivity index (χ0n) is 12.3. The molecule has 0 unspecified atom stereocenters. The molecule has 0 saturated heterocycles. The molecule has 0 aliphatic heterocycles. The summed E-state index contributed by atoms with van der Waals surface area (Å²) in [5, 5.41) is 18.7. The van der Waals surface area contributed by atoms with E-state index in [-0.39, 0.29) is 12.5 Å². The van der Waals surface area contributed by atoms with Crippen LogP contribution in [0.1, 0.15) is 64.2 Å². The van der Waals surface area contributed by atoms with E-state index in [2.05, 4.69) is 6.07 Å². The molecular formula is C16H26N2O2. The Labute approximate surface area is 121 Å². The highest BCUT2D eigenvalue weighted by Gasteiger charge is 2.44. The third-order valence-electron chi connectivity index (χ3n) is 4.91. The summed E-state index contributed by atoms with van der Waals surface area (Å²) in [7, 11) is 0. The minimum atomic E-state index is -0.790. The lowest BCUT2D eigenvalue weighted by Crippen LogP contribution is -2.51. The molecule has 2 fully saturated rings. The van der Waals surface area contributed by atoms with Crippen LogP contribution in [0.15, 0.2) is 0 Å². The molecule has 0 heterocycles. The van der Waals surface area contributed by atoms with Crippen LogP contribution in [0, 0.1) is 16.7 Å². The van der Waals surface area contributed by atoms with Crippen LogP contribution in [0.3, 0.4) is 0 Å². The van der Waals surface area contributed by atoms with E-state index in [1.54, 1.807) is 0 Å². The van der Waals surface area contributed by atoms with Gasteiger partial charge in [-0.05, 0) is 38.5 Å². The van der Waals surface area contributed by atoms with Crippen LogP contribution < -0.4 is 0 Å². The molecule has 0 spiro atoms. The van der Waals surface area contributed by atoms with Crippen LogP contribution in [-0.4, -0.2) is 35.1 Å². The van der Waals surface area contributed by atoms with Crippen molar-refractivity contribution < 1.29 is 9.90 Å². The van der Waals surface area contributed by atoms with Gasteiger partial charge in [-0.15, -0.1) is 0 Å². The van der Waals surface area contributed by atoms with Crippen LogP contribution in [-0.2, 0) is 4.79 Å². The summed E-state index contributed by atoms with van der Waals surface area (Å²) in [6.07, 6.45) is 9.56. The molecule has 0 aromatic rings. The van der Waals surface area contributed by atoms with E-state index in [0.29, 0.717) is 31.8 Å². The molecule has 1 N–H and O–H groups in total. The zero-order valence-corrected chi connectivity index (χ0v) is 12.3. The van der Waals surface area contributed by atoms with Gasteiger partial charge >= 0.3 is 0 Å². The molecule has 0 aromatic heterocycles. The van der Waals surface area contributed by atoms with Gasteiger partial charge in [0.25, 0.3) is 0 Å². The van der Waals surface area contributed by atoms with Gasteiger partial charge < -0.3 is 10.0 Å². The van der Waals surface area contributed by atoms with E-state index in [1.807, 2.05) is 4.90 Å². The molecule has 4 nitrogen and oxygen atoms in total. The maximum Gasteiger partial charge on any atom is 0.243 e. The second-order valence-corrected chi connectivity index (χ2v) is 6.27. The predicted octanol–water partition coefficient (Wildman–Crippen LogP) is 2.61. The van der Waals surface area contributed by atoms with Gasteiger partial charge in [-0.2, -0.15) is 5.26 Å². The molecule has 112 valence electrons. The van der Waals surface area contributed by atoms with Gasteiger partial charge in [0.2, 0.25) is 5.91 Å². The smallest absolute Gasteiger partial charge is 0.243 e. The largest absolute Gasteiger partial charge is 0.396 e. The fraction of sp³-hybridized carbons (Fsp3) is 0.875. The summed E-state index contributed by atoms with van der Waals surface area (Å²) in [4.78, 5) is 14.9. The van der Waals surface area contributed by atoms with Crippen molar-refractivity contribution in [1.82, 2.24) is 4.90 Å². The predicted molar refractivity (Wildman–Crippen MR) is 76.8 cm³/mol. The Balaban J connectivity index is 2.12. The molecule has 2 aliphatic carbocycles. The number of hydrogen-bond acceptors (Lipinski definition) is 3. The number of rotatable bonds is 5. The van der Waals surface area contributed by atoms with E-state index in [0.717, 1.165) is 38.5 Å². The molecule has 0 bridgehead atoms. The Hall–Kier alpha value is -1.08. The first-order valence-corrected chi connectivity index (χ1v) is 8.07. The first kappa shape index (κ1) is 15.3. The van der Waals surface area contributed by atoms with Crippen LogP contribution in [0.25, 0.3) is 0 Å². The van der Waals surface area contributed by atoms with Gasteiger partial charge in [0.05, 0.1) is 6.07 Å². The molecule has 4 heteroatoms.